The maximum absolute atomic E-state index is 12.9. The summed E-state index contributed by atoms with van der Waals surface area (Å²) in [5.41, 5.74) is 0.686. The second-order valence-electron chi connectivity index (χ2n) is 6.29. The largest absolute Gasteiger partial charge is 0.342 e. The molecule has 2 aliphatic rings. The summed E-state index contributed by atoms with van der Waals surface area (Å²) >= 11 is 0. The van der Waals surface area contributed by atoms with E-state index in [-0.39, 0.29) is 23.1 Å². The molecule has 2 fully saturated rings. The third-order valence-corrected chi connectivity index (χ3v) is 4.99. The standard InChI is InChI=1S/C16H21N3O2/c1-12-9-19(13(2)20)11-16(12)5-7-18(15(16)21)10-14-4-3-6-17-8-14/h3-4,6,8,12H,5,7,9-11H2,1-2H3/t12-,16-/m1/s1. The van der Waals surface area contributed by atoms with Crippen molar-refractivity contribution in [2.75, 3.05) is 19.6 Å². The molecular weight excluding hydrogens is 266 g/mol. The normalized spacial score (nSPS) is 28.7. The first kappa shape index (κ1) is 14.0. The van der Waals surface area contributed by atoms with Gasteiger partial charge >= 0.3 is 0 Å². The van der Waals surface area contributed by atoms with Crippen LogP contribution >= 0.6 is 0 Å². The van der Waals surface area contributed by atoms with Crippen LogP contribution in [0.15, 0.2) is 24.5 Å². The van der Waals surface area contributed by atoms with Crippen LogP contribution in [0.2, 0.25) is 0 Å². The van der Waals surface area contributed by atoms with E-state index in [4.69, 9.17) is 0 Å². The van der Waals surface area contributed by atoms with Crippen LogP contribution in [0.5, 0.6) is 0 Å². The van der Waals surface area contributed by atoms with Gasteiger partial charge in [0, 0.05) is 45.5 Å². The molecule has 0 N–H and O–H groups in total. The fraction of sp³-hybridized carbons (Fsp3) is 0.562. The van der Waals surface area contributed by atoms with E-state index in [0.717, 1.165) is 18.5 Å². The molecule has 5 heteroatoms. The zero-order chi connectivity index (χ0) is 15.0. The van der Waals surface area contributed by atoms with Gasteiger partial charge in [-0.25, -0.2) is 0 Å². The molecule has 1 aromatic rings. The molecule has 1 aromatic heterocycles. The summed E-state index contributed by atoms with van der Waals surface area (Å²) in [6.07, 6.45) is 4.38. The number of hydrogen-bond acceptors (Lipinski definition) is 3. The first-order chi connectivity index (χ1) is 10.0. The third kappa shape index (κ3) is 2.30. The Morgan fingerprint density at radius 1 is 1.52 bits per heavy atom. The van der Waals surface area contributed by atoms with Crippen LogP contribution in [0.4, 0.5) is 0 Å². The van der Waals surface area contributed by atoms with Crippen LogP contribution in [0.25, 0.3) is 0 Å². The highest BCUT2D eigenvalue weighted by atomic mass is 16.2. The number of carbonyl (C=O) groups is 2. The van der Waals surface area contributed by atoms with Crippen molar-refractivity contribution >= 4 is 11.8 Å². The highest BCUT2D eigenvalue weighted by Gasteiger charge is 2.55. The van der Waals surface area contributed by atoms with Crippen LogP contribution in [0, 0.1) is 11.3 Å². The Kier molecular flexibility index (Phi) is 3.43. The number of likely N-dealkylation sites (tertiary alicyclic amines) is 2. The Morgan fingerprint density at radius 3 is 2.95 bits per heavy atom. The molecule has 112 valence electrons. The van der Waals surface area contributed by atoms with Gasteiger partial charge in [0.05, 0.1) is 5.41 Å². The monoisotopic (exact) mass is 287 g/mol. The van der Waals surface area contributed by atoms with Gasteiger partial charge in [-0.3, -0.25) is 14.6 Å². The zero-order valence-electron chi connectivity index (χ0n) is 12.6. The quantitative estimate of drug-likeness (QED) is 0.824. The number of carbonyl (C=O) groups excluding carboxylic acids is 2. The minimum Gasteiger partial charge on any atom is -0.342 e. The maximum Gasteiger partial charge on any atom is 0.231 e. The molecule has 0 unspecified atom stereocenters. The number of hydrogen-bond donors (Lipinski definition) is 0. The molecule has 0 aromatic carbocycles. The van der Waals surface area contributed by atoms with E-state index in [9.17, 15) is 9.59 Å². The summed E-state index contributed by atoms with van der Waals surface area (Å²) in [4.78, 5) is 32.3. The Balaban J connectivity index is 1.76. The second kappa shape index (κ2) is 5.13. The number of nitrogens with zero attached hydrogens (tertiary/aromatic N) is 3. The molecule has 0 bridgehead atoms. The minimum absolute atomic E-state index is 0.0669. The van der Waals surface area contributed by atoms with E-state index in [2.05, 4.69) is 11.9 Å². The Morgan fingerprint density at radius 2 is 2.33 bits per heavy atom. The van der Waals surface area contributed by atoms with Crippen LogP contribution < -0.4 is 0 Å². The first-order valence-corrected chi connectivity index (χ1v) is 7.47. The van der Waals surface area contributed by atoms with Gasteiger partial charge in [0.2, 0.25) is 11.8 Å². The van der Waals surface area contributed by atoms with Crippen molar-refractivity contribution in [2.24, 2.45) is 11.3 Å². The van der Waals surface area contributed by atoms with Crippen molar-refractivity contribution in [3.05, 3.63) is 30.1 Å². The molecule has 2 atom stereocenters. The number of pyridine rings is 1. The smallest absolute Gasteiger partial charge is 0.231 e. The SMILES string of the molecule is CC(=O)N1C[C@@H](C)[C@@]2(CCN(Cc3cccnc3)C2=O)C1. The average Bonchev–Trinajstić information content (AvgIpc) is 2.97. The average molecular weight is 287 g/mol. The summed E-state index contributed by atoms with van der Waals surface area (Å²) in [6.45, 7) is 6.33. The van der Waals surface area contributed by atoms with Gasteiger partial charge in [-0.2, -0.15) is 0 Å². The lowest BCUT2D eigenvalue weighted by molar-refractivity contribution is -0.137. The maximum atomic E-state index is 12.9. The van der Waals surface area contributed by atoms with Crippen molar-refractivity contribution in [3.8, 4) is 0 Å². The predicted molar refractivity (Wildman–Crippen MR) is 78.1 cm³/mol. The Hall–Kier alpha value is -1.91. The zero-order valence-corrected chi connectivity index (χ0v) is 12.6. The molecule has 2 aliphatic heterocycles. The van der Waals surface area contributed by atoms with Gasteiger partial charge in [0.1, 0.15) is 0 Å². The molecule has 1 spiro atoms. The third-order valence-electron chi connectivity index (χ3n) is 4.99. The molecule has 21 heavy (non-hydrogen) atoms. The van der Waals surface area contributed by atoms with Crippen LogP contribution in [-0.4, -0.2) is 46.2 Å². The van der Waals surface area contributed by atoms with Crippen LogP contribution in [-0.2, 0) is 16.1 Å². The van der Waals surface area contributed by atoms with Crippen molar-refractivity contribution in [1.82, 2.24) is 14.8 Å². The molecule has 0 radical (unpaired) electrons. The number of rotatable bonds is 2. The summed E-state index contributed by atoms with van der Waals surface area (Å²) < 4.78 is 0. The molecule has 0 aliphatic carbocycles. The molecule has 3 rings (SSSR count). The summed E-state index contributed by atoms with van der Waals surface area (Å²) in [5.74, 6) is 0.493. The van der Waals surface area contributed by atoms with Gasteiger partial charge in [0.15, 0.2) is 0 Å². The van der Waals surface area contributed by atoms with Crippen LogP contribution in [0.3, 0.4) is 0 Å². The number of amides is 2. The fourth-order valence-corrected chi connectivity index (χ4v) is 3.63. The van der Waals surface area contributed by atoms with Gasteiger partial charge in [0.25, 0.3) is 0 Å². The first-order valence-electron chi connectivity index (χ1n) is 7.47. The molecule has 3 heterocycles. The highest BCUT2D eigenvalue weighted by Crippen LogP contribution is 2.44. The van der Waals surface area contributed by atoms with E-state index >= 15 is 0 Å². The minimum atomic E-state index is -0.367. The lowest BCUT2D eigenvalue weighted by atomic mass is 9.78. The molecule has 0 saturated carbocycles. The van der Waals surface area contributed by atoms with Crippen LogP contribution in [0.1, 0.15) is 25.8 Å². The van der Waals surface area contributed by atoms with E-state index in [1.165, 1.54) is 0 Å². The summed E-state index contributed by atoms with van der Waals surface area (Å²) in [7, 11) is 0. The summed E-state index contributed by atoms with van der Waals surface area (Å²) in [5, 5.41) is 0. The molecule has 5 nitrogen and oxygen atoms in total. The Labute approximate surface area is 124 Å². The van der Waals surface area contributed by atoms with Crippen molar-refractivity contribution < 1.29 is 9.59 Å². The molecule has 2 saturated heterocycles. The van der Waals surface area contributed by atoms with Gasteiger partial charge < -0.3 is 9.80 Å². The summed E-state index contributed by atoms with van der Waals surface area (Å²) in [6, 6.07) is 3.88. The van der Waals surface area contributed by atoms with E-state index in [1.54, 1.807) is 19.3 Å². The molecular formula is C16H21N3O2. The lowest BCUT2D eigenvalue weighted by Gasteiger charge is -2.26. The van der Waals surface area contributed by atoms with Crippen molar-refractivity contribution in [3.63, 3.8) is 0 Å². The highest BCUT2D eigenvalue weighted by molar-refractivity contribution is 5.87. The second-order valence-corrected chi connectivity index (χ2v) is 6.29. The Bertz CT molecular complexity index is 560. The van der Waals surface area contributed by atoms with E-state index < -0.39 is 0 Å². The van der Waals surface area contributed by atoms with Crippen molar-refractivity contribution in [1.29, 1.82) is 0 Å². The fourth-order valence-electron chi connectivity index (χ4n) is 3.63. The topological polar surface area (TPSA) is 53.5 Å². The van der Waals surface area contributed by atoms with E-state index in [0.29, 0.717) is 19.6 Å². The molecule has 2 amide bonds. The van der Waals surface area contributed by atoms with Gasteiger partial charge in [-0.05, 0) is 24.0 Å². The predicted octanol–water partition coefficient (Wildman–Crippen LogP) is 1.30. The van der Waals surface area contributed by atoms with Gasteiger partial charge in [-0.15, -0.1) is 0 Å². The van der Waals surface area contributed by atoms with Gasteiger partial charge in [-0.1, -0.05) is 13.0 Å². The van der Waals surface area contributed by atoms with Crippen molar-refractivity contribution in [2.45, 2.75) is 26.8 Å². The number of aromatic nitrogens is 1. The van der Waals surface area contributed by atoms with E-state index in [1.807, 2.05) is 21.9 Å². The lowest BCUT2D eigenvalue weighted by Crippen LogP contribution is -2.39.